The maximum atomic E-state index is 12.7. The van der Waals surface area contributed by atoms with Gasteiger partial charge in [0.05, 0.1) is 24.6 Å². The van der Waals surface area contributed by atoms with Gasteiger partial charge in [-0.05, 0) is 19.1 Å². The first-order chi connectivity index (χ1) is 13.5. The number of hydrogen-bond acceptors (Lipinski definition) is 7. The standard InChI is InChI=1S/C19H17N5O3S/c1-3-27-16-7-5-4-6-14(16)22-18(26)13(8-20)17(25)15-11-28-19(23-15)12-9-21-24(2)10-12/h4-7,9-11,13H,3H2,1-2H3,(H,22,26). The number of anilines is 1. The number of nitrogens with one attached hydrogen (secondary N) is 1. The molecular weight excluding hydrogens is 378 g/mol. The number of nitrogens with zero attached hydrogens (tertiary/aromatic N) is 4. The summed E-state index contributed by atoms with van der Waals surface area (Å²) in [7, 11) is 1.78. The van der Waals surface area contributed by atoms with Gasteiger partial charge in [0.2, 0.25) is 11.7 Å². The summed E-state index contributed by atoms with van der Waals surface area (Å²) in [4.78, 5) is 29.5. The Kier molecular flexibility index (Phi) is 5.81. The van der Waals surface area contributed by atoms with Crippen molar-refractivity contribution in [2.75, 3.05) is 11.9 Å². The lowest BCUT2D eigenvalue weighted by Gasteiger charge is -2.12. The fourth-order valence-corrected chi connectivity index (χ4v) is 3.28. The number of ketones is 1. The van der Waals surface area contributed by atoms with Gasteiger partial charge in [-0.1, -0.05) is 12.1 Å². The van der Waals surface area contributed by atoms with Crippen LogP contribution in [0, 0.1) is 17.2 Å². The van der Waals surface area contributed by atoms with Crippen LogP contribution >= 0.6 is 11.3 Å². The SMILES string of the molecule is CCOc1ccccc1NC(=O)C(C#N)C(=O)c1csc(-c2cnn(C)c2)n1. The van der Waals surface area contributed by atoms with Gasteiger partial charge in [-0.2, -0.15) is 10.4 Å². The van der Waals surface area contributed by atoms with Gasteiger partial charge in [0.25, 0.3) is 0 Å². The van der Waals surface area contributed by atoms with E-state index in [0.717, 1.165) is 5.56 Å². The number of amides is 1. The lowest BCUT2D eigenvalue weighted by atomic mass is 10.0. The molecule has 3 rings (SSSR count). The lowest BCUT2D eigenvalue weighted by Crippen LogP contribution is -2.29. The third-order valence-electron chi connectivity index (χ3n) is 3.81. The minimum atomic E-state index is -1.52. The minimum Gasteiger partial charge on any atom is -0.492 e. The third kappa shape index (κ3) is 4.07. The van der Waals surface area contributed by atoms with Crippen molar-refractivity contribution in [3.8, 4) is 22.4 Å². The molecule has 1 aromatic carbocycles. The zero-order chi connectivity index (χ0) is 20.1. The van der Waals surface area contributed by atoms with E-state index >= 15 is 0 Å². The fraction of sp³-hybridized carbons (Fsp3) is 0.211. The van der Waals surface area contributed by atoms with Crippen molar-refractivity contribution in [3.05, 3.63) is 47.7 Å². The summed E-state index contributed by atoms with van der Waals surface area (Å²) in [5, 5.41) is 18.2. The van der Waals surface area contributed by atoms with Crippen LogP contribution in [0.5, 0.6) is 5.75 Å². The molecule has 1 amide bonds. The molecule has 0 fully saturated rings. The molecule has 2 heterocycles. The van der Waals surface area contributed by atoms with Crippen molar-refractivity contribution >= 4 is 28.7 Å². The van der Waals surface area contributed by atoms with Crippen LogP contribution in [0.2, 0.25) is 0 Å². The predicted molar refractivity (Wildman–Crippen MR) is 104 cm³/mol. The quantitative estimate of drug-likeness (QED) is 0.486. The molecule has 2 aromatic heterocycles. The Balaban J connectivity index is 1.78. The average Bonchev–Trinajstić information content (AvgIpc) is 3.33. The molecule has 0 radical (unpaired) electrons. The topological polar surface area (TPSA) is 110 Å². The van der Waals surface area contributed by atoms with E-state index < -0.39 is 17.6 Å². The molecule has 1 N–H and O–H groups in total. The number of aromatic nitrogens is 3. The van der Waals surface area contributed by atoms with Crippen molar-refractivity contribution in [2.24, 2.45) is 13.0 Å². The second-order valence-electron chi connectivity index (χ2n) is 5.79. The van der Waals surface area contributed by atoms with Crippen LogP contribution in [0.4, 0.5) is 5.69 Å². The molecule has 1 atom stereocenters. The molecule has 142 valence electrons. The largest absolute Gasteiger partial charge is 0.492 e. The van der Waals surface area contributed by atoms with E-state index in [4.69, 9.17) is 4.74 Å². The highest BCUT2D eigenvalue weighted by Gasteiger charge is 2.30. The van der Waals surface area contributed by atoms with Crippen LogP contribution in [-0.2, 0) is 11.8 Å². The highest BCUT2D eigenvalue weighted by Crippen LogP contribution is 2.26. The molecule has 3 aromatic rings. The Hall–Kier alpha value is -3.51. The number of benzene rings is 1. The van der Waals surface area contributed by atoms with Gasteiger partial charge in [-0.25, -0.2) is 4.98 Å². The van der Waals surface area contributed by atoms with Crippen LogP contribution in [0.15, 0.2) is 42.0 Å². The predicted octanol–water partition coefficient (Wildman–Crippen LogP) is 2.90. The molecule has 0 bridgehead atoms. The van der Waals surface area contributed by atoms with E-state index in [1.807, 2.05) is 6.92 Å². The van der Waals surface area contributed by atoms with Gasteiger partial charge in [-0.3, -0.25) is 14.3 Å². The molecule has 9 heteroatoms. The lowest BCUT2D eigenvalue weighted by molar-refractivity contribution is -0.117. The normalized spacial score (nSPS) is 11.5. The number of rotatable bonds is 7. The molecule has 8 nitrogen and oxygen atoms in total. The zero-order valence-corrected chi connectivity index (χ0v) is 16.1. The van der Waals surface area contributed by atoms with Crippen molar-refractivity contribution in [1.29, 1.82) is 5.26 Å². The van der Waals surface area contributed by atoms with Crippen molar-refractivity contribution in [2.45, 2.75) is 6.92 Å². The highest BCUT2D eigenvalue weighted by molar-refractivity contribution is 7.13. The van der Waals surface area contributed by atoms with Crippen molar-refractivity contribution in [1.82, 2.24) is 14.8 Å². The number of nitriles is 1. The van der Waals surface area contributed by atoms with Gasteiger partial charge >= 0.3 is 0 Å². The van der Waals surface area contributed by atoms with E-state index in [1.54, 1.807) is 54.5 Å². The van der Waals surface area contributed by atoms with E-state index in [1.165, 1.54) is 16.7 Å². The minimum absolute atomic E-state index is 0.0728. The van der Waals surface area contributed by atoms with Crippen molar-refractivity contribution in [3.63, 3.8) is 0 Å². The highest BCUT2D eigenvalue weighted by atomic mass is 32.1. The smallest absolute Gasteiger partial charge is 0.249 e. The molecule has 0 spiro atoms. The molecule has 0 saturated carbocycles. The number of para-hydroxylation sites is 2. The van der Waals surface area contributed by atoms with Crippen molar-refractivity contribution < 1.29 is 14.3 Å². The van der Waals surface area contributed by atoms with E-state index in [9.17, 15) is 14.9 Å². The van der Waals surface area contributed by atoms with Gasteiger partial charge in [0, 0.05) is 24.2 Å². The fourth-order valence-electron chi connectivity index (χ4n) is 2.49. The molecule has 1 unspecified atom stereocenters. The third-order valence-corrected chi connectivity index (χ3v) is 4.70. The van der Waals surface area contributed by atoms with Crippen LogP contribution in [0.1, 0.15) is 17.4 Å². The summed E-state index contributed by atoms with van der Waals surface area (Å²) in [6.07, 6.45) is 3.40. The number of aryl methyl sites for hydroxylation is 1. The van der Waals surface area contributed by atoms with E-state index in [0.29, 0.717) is 23.1 Å². The summed E-state index contributed by atoms with van der Waals surface area (Å²) in [6, 6.07) is 8.60. The van der Waals surface area contributed by atoms with Gasteiger partial charge in [-0.15, -0.1) is 11.3 Å². The summed E-state index contributed by atoms with van der Waals surface area (Å²) >= 11 is 1.25. The number of Topliss-reactive ketones (excluding diaryl/α,β-unsaturated/α-hetero) is 1. The van der Waals surface area contributed by atoms with E-state index in [-0.39, 0.29) is 5.69 Å². The maximum Gasteiger partial charge on any atom is 0.249 e. The molecule has 0 aliphatic heterocycles. The van der Waals surface area contributed by atoms with Crippen LogP contribution < -0.4 is 10.1 Å². The summed E-state index contributed by atoms with van der Waals surface area (Å²) < 4.78 is 7.07. The first kappa shape index (κ1) is 19.3. The molecular formula is C19H17N5O3S. The number of hydrogen-bond donors (Lipinski definition) is 1. The molecule has 0 aliphatic carbocycles. The Labute approximate surface area is 165 Å². The monoisotopic (exact) mass is 395 g/mol. The number of thiazole rings is 1. The zero-order valence-electron chi connectivity index (χ0n) is 15.2. The number of ether oxygens (including phenoxy) is 1. The second kappa shape index (κ2) is 8.45. The Morgan fingerprint density at radius 2 is 2.18 bits per heavy atom. The first-order valence-electron chi connectivity index (χ1n) is 8.44. The first-order valence-corrected chi connectivity index (χ1v) is 9.32. The Bertz CT molecular complexity index is 1050. The van der Waals surface area contributed by atoms with E-state index in [2.05, 4.69) is 15.4 Å². The molecule has 28 heavy (non-hydrogen) atoms. The van der Waals surface area contributed by atoms with Gasteiger partial charge < -0.3 is 10.1 Å². The van der Waals surface area contributed by atoms with Crippen LogP contribution in [-0.4, -0.2) is 33.1 Å². The average molecular weight is 395 g/mol. The Morgan fingerprint density at radius 3 is 2.86 bits per heavy atom. The maximum absolute atomic E-state index is 12.7. The van der Waals surface area contributed by atoms with Gasteiger partial charge in [0.15, 0.2) is 5.92 Å². The Morgan fingerprint density at radius 1 is 1.39 bits per heavy atom. The summed E-state index contributed by atoms with van der Waals surface area (Å²) in [5.74, 6) is -2.43. The summed E-state index contributed by atoms with van der Waals surface area (Å²) in [5.41, 5.74) is 1.23. The number of carbonyl (C=O) groups excluding carboxylic acids is 2. The summed E-state index contributed by atoms with van der Waals surface area (Å²) in [6.45, 7) is 2.24. The molecule has 0 aliphatic rings. The van der Waals surface area contributed by atoms with Crippen LogP contribution in [0.3, 0.4) is 0 Å². The number of carbonyl (C=O) groups is 2. The van der Waals surface area contributed by atoms with Gasteiger partial charge in [0.1, 0.15) is 16.5 Å². The second-order valence-corrected chi connectivity index (χ2v) is 6.64. The molecule has 0 saturated heterocycles. The van der Waals surface area contributed by atoms with Crippen LogP contribution in [0.25, 0.3) is 10.6 Å².